The summed E-state index contributed by atoms with van der Waals surface area (Å²) >= 11 is 0. The zero-order valence-electron chi connectivity index (χ0n) is 19.3. The highest BCUT2D eigenvalue weighted by Gasteiger charge is 2.15. The van der Waals surface area contributed by atoms with Crippen LogP contribution in [0.25, 0.3) is 0 Å². The fraction of sp³-hybridized carbons (Fsp3) is 0.417. The number of nitrogens with zero attached hydrogens (tertiary/aromatic N) is 1. The largest absolute Gasteiger partial charge is 0.494 e. The number of hydrogen-bond donors (Lipinski definition) is 2. The Labute approximate surface area is 184 Å². The second-order valence-corrected chi connectivity index (χ2v) is 7.57. The van der Waals surface area contributed by atoms with E-state index in [1.54, 1.807) is 30.1 Å². The Kier molecular flexibility index (Phi) is 8.88. The topological polar surface area (TPSA) is 79.9 Å². The van der Waals surface area contributed by atoms with Crippen LogP contribution < -0.4 is 20.1 Å². The van der Waals surface area contributed by atoms with Gasteiger partial charge in [-0.25, -0.2) is 0 Å². The molecular formula is C24H33N3O4. The second-order valence-electron chi connectivity index (χ2n) is 7.57. The molecule has 2 amide bonds. The number of aryl methyl sites for hydroxylation is 3. The number of carbonyl (C=O) groups excluding carboxylic acids is 2. The third-order valence-electron chi connectivity index (χ3n) is 4.60. The molecule has 2 rings (SSSR count). The van der Waals surface area contributed by atoms with Gasteiger partial charge in [0.15, 0.2) is 0 Å². The number of likely N-dealkylation sites (N-methyl/N-ethyl adjacent to an activating group) is 1. The second kappa shape index (κ2) is 11.4. The molecular weight excluding hydrogens is 394 g/mol. The minimum Gasteiger partial charge on any atom is -0.494 e. The van der Waals surface area contributed by atoms with Gasteiger partial charge in [0.2, 0.25) is 11.8 Å². The van der Waals surface area contributed by atoms with Crippen LogP contribution in [0.2, 0.25) is 0 Å². The van der Waals surface area contributed by atoms with Crippen molar-refractivity contribution in [2.24, 2.45) is 0 Å². The number of benzene rings is 2. The average molecular weight is 428 g/mol. The molecule has 0 heterocycles. The van der Waals surface area contributed by atoms with Crippen molar-refractivity contribution in [2.45, 2.75) is 34.6 Å². The predicted octanol–water partition coefficient (Wildman–Crippen LogP) is 3.92. The smallest absolute Gasteiger partial charge is 0.238 e. The third-order valence-corrected chi connectivity index (χ3v) is 4.60. The standard InChI is InChI=1S/C24H33N3O4/c1-7-30-19-9-10-21(31-8-2)20(13-19)25-22(28)14-27(6)15-23(29)26-24-17(4)11-16(3)12-18(24)5/h9-13H,7-8,14-15H2,1-6H3,(H,25,28)(H,26,29). The summed E-state index contributed by atoms with van der Waals surface area (Å²) in [6, 6.07) is 9.38. The zero-order valence-corrected chi connectivity index (χ0v) is 19.3. The molecule has 0 unspecified atom stereocenters. The maximum Gasteiger partial charge on any atom is 0.238 e. The molecule has 2 aromatic rings. The van der Waals surface area contributed by atoms with Gasteiger partial charge in [0, 0.05) is 11.8 Å². The quantitative estimate of drug-likeness (QED) is 0.601. The van der Waals surface area contributed by atoms with Crippen LogP contribution in [0.3, 0.4) is 0 Å². The number of carbonyl (C=O) groups is 2. The Morgan fingerprint density at radius 1 is 0.871 bits per heavy atom. The Morgan fingerprint density at radius 3 is 2.03 bits per heavy atom. The highest BCUT2D eigenvalue weighted by atomic mass is 16.5. The van der Waals surface area contributed by atoms with Crippen LogP contribution >= 0.6 is 0 Å². The van der Waals surface area contributed by atoms with E-state index < -0.39 is 0 Å². The van der Waals surface area contributed by atoms with Gasteiger partial charge in [-0.2, -0.15) is 0 Å². The lowest BCUT2D eigenvalue weighted by Crippen LogP contribution is -2.36. The highest BCUT2D eigenvalue weighted by Crippen LogP contribution is 2.29. The van der Waals surface area contributed by atoms with Crippen molar-refractivity contribution in [3.63, 3.8) is 0 Å². The van der Waals surface area contributed by atoms with Gasteiger partial charge in [-0.15, -0.1) is 0 Å². The van der Waals surface area contributed by atoms with Gasteiger partial charge in [0.1, 0.15) is 11.5 Å². The lowest BCUT2D eigenvalue weighted by Gasteiger charge is -2.19. The molecule has 0 saturated heterocycles. The molecule has 0 aliphatic heterocycles. The molecule has 0 spiro atoms. The van der Waals surface area contributed by atoms with Crippen LogP contribution in [0.5, 0.6) is 11.5 Å². The number of rotatable bonds is 10. The van der Waals surface area contributed by atoms with Gasteiger partial charge in [-0.05, 0) is 64.9 Å². The van der Waals surface area contributed by atoms with Crippen molar-refractivity contribution in [1.29, 1.82) is 0 Å². The summed E-state index contributed by atoms with van der Waals surface area (Å²) in [5.74, 6) is 0.814. The molecule has 7 nitrogen and oxygen atoms in total. The molecule has 0 aromatic heterocycles. The summed E-state index contributed by atoms with van der Waals surface area (Å²) in [5, 5.41) is 5.81. The summed E-state index contributed by atoms with van der Waals surface area (Å²) in [6.07, 6.45) is 0. The van der Waals surface area contributed by atoms with Crippen LogP contribution in [-0.2, 0) is 9.59 Å². The number of nitrogens with one attached hydrogen (secondary N) is 2. The SMILES string of the molecule is CCOc1ccc(OCC)c(NC(=O)CN(C)CC(=O)Nc2c(C)cc(C)cc2C)c1. The first-order valence-corrected chi connectivity index (χ1v) is 10.5. The van der Waals surface area contributed by atoms with E-state index in [9.17, 15) is 9.59 Å². The number of hydrogen-bond acceptors (Lipinski definition) is 5. The van der Waals surface area contributed by atoms with E-state index in [0.29, 0.717) is 30.4 Å². The van der Waals surface area contributed by atoms with Crippen molar-refractivity contribution in [3.05, 3.63) is 47.0 Å². The van der Waals surface area contributed by atoms with E-state index in [1.165, 1.54) is 0 Å². The predicted molar refractivity (Wildman–Crippen MR) is 124 cm³/mol. The van der Waals surface area contributed by atoms with Gasteiger partial charge >= 0.3 is 0 Å². The van der Waals surface area contributed by atoms with Gasteiger partial charge in [-0.3, -0.25) is 14.5 Å². The van der Waals surface area contributed by atoms with E-state index in [2.05, 4.69) is 10.6 Å². The molecule has 0 saturated carbocycles. The van der Waals surface area contributed by atoms with Crippen molar-refractivity contribution in [2.75, 3.05) is 44.0 Å². The fourth-order valence-corrected chi connectivity index (χ4v) is 3.44. The summed E-state index contributed by atoms with van der Waals surface area (Å²) in [7, 11) is 1.73. The average Bonchev–Trinajstić information content (AvgIpc) is 2.66. The normalized spacial score (nSPS) is 10.7. The summed E-state index contributed by atoms with van der Waals surface area (Å²) in [5.41, 5.74) is 4.55. The van der Waals surface area contributed by atoms with E-state index in [-0.39, 0.29) is 24.9 Å². The molecule has 0 fully saturated rings. The van der Waals surface area contributed by atoms with Crippen LogP contribution in [0, 0.1) is 20.8 Å². The van der Waals surface area contributed by atoms with Crippen molar-refractivity contribution < 1.29 is 19.1 Å². The maximum absolute atomic E-state index is 12.6. The first kappa shape index (κ1) is 24.2. The number of amides is 2. The lowest BCUT2D eigenvalue weighted by atomic mass is 10.1. The third kappa shape index (κ3) is 7.29. The maximum atomic E-state index is 12.6. The van der Waals surface area contributed by atoms with E-state index >= 15 is 0 Å². The Morgan fingerprint density at radius 2 is 1.45 bits per heavy atom. The van der Waals surface area contributed by atoms with Gasteiger partial charge in [0.25, 0.3) is 0 Å². The first-order chi connectivity index (χ1) is 14.7. The molecule has 168 valence electrons. The van der Waals surface area contributed by atoms with Gasteiger partial charge in [-0.1, -0.05) is 17.7 Å². The molecule has 0 atom stereocenters. The summed E-state index contributed by atoms with van der Waals surface area (Å²) in [4.78, 5) is 26.7. The number of anilines is 2. The fourth-order valence-electron chi connectivity index (χ4n) is 3.44. The first-order valence-electron chi connectivity index (χ1n) is 10.5. The molecule has 7 heteroatoms. The summed E-state index contributed by atoms with van der Waals surface area (Å²) < 4.78 is 11.1. The van der Waals surface area contributed by atoms with E-state index in [1.807, 2.05) is 46.8 Å². The van der Waals surface area contributed by atoms with Crippen molar-refractivity contribution in [1.82, 2.24) is 4.90 Å². The summed E-state index contributed by atoms with van der Waals surface area (Å²) in [6.45, 7) is 10.9. The Hall–Kier alpha value is -3.06. The Bertz CT molecular complexity index is 904. The monoisotopic (exact) mass is 427 g/mol. The zero-order chi connectivity index (χ0) is 23.0. The minimum absolute atomic E-state index is 0.0592. The van der Waals surface area contributed by atoms with E-state index in [0.717, 1.165) is 22.4 Å². The molecule has 0 aliphatic carbocycles. The molecule has 2 N–H and O–H groups in total. The number of ether oxygens (including phenoxy) is 2. The van der Waals surface area contributed by atoms with Crippen LogP contribution in [0.15, 0.2) is 30.3 Å². The highest BCUT2D eigenvalue weighted by molar-refractivity contribution is 5.96. The minimum atomic E-state index is -0.243. The van der Waals surface area contributed by atoms with Gasteiger partial charge in [0.05, 0.1) is 32.0 Å². The lowest BCUT2D eigenvalue weighted by molar-refractivity contribution is -0.119. The van der Waals surface area contributed by atoms with Gasteiger partial charge < -0.3 is 20.1 Å². The molecule has 0 aliphatic rings. The van der Waals surface area contributed by atoms with E-state index in [4.69, 9.17) is 9.47 Å². The molecule has 0 bridgehead atoms. The molecule has 2 aromatic carbocycles. The van der Waals surface area contributed by atoms with Crippen LogP contribution in [-0.4, -0.2) is 50.1 Å². The van der Waals surface area contributed by atoms with Crippen LogP contribution in [0.4, 0.5) is 11.4 Å². The molecule has 0 radical (unpaired) electrons. The molecule has 31 heavy (non-hydrogen) atoms. The van der Waals surface area contributed by atoms with Crippen molar-refractivity contribution >= 4 is 23.2 Å². The van der Waals surface area contributed by atoms with Crippen molar-refractivity contribution in [3.8, 4) is 11.5 Å². The van der Waals surface area contributed by atoms with Crippen LogP contribution in [0.1, 0.15) is 30.5 Å². The Balaban J connectivity index is 1.97.